The van der Waals surface area contributed by atoms with Crippen molar-refractivity contribution < 1.29 is 9.59 Å². The molecule has 1 heterocycles. The first-order valence-corrected chi connectivity index (χ1v) is 10.7. The third kappa shape index (κ3) is 5.98. The summed E-state index contributed by atoms with van der Waals surface area (Å²) in [5.74, 6) is 0.234. The van der Waals surface area contributed by atoms with Gasteiger partial charge in [-0.1, -0.05) is 41.0 Å². The average Bonchev–Trinajstić information content (AvgIpc) is 3.04. The Hall–Kier alpha value is -2.55. The molecule has 0 spiro atoms. The number of anilines is 2. The summed E-state index contributed by atoms with van der Waals surface area (Å²) >= 11 is 13.2. The highest BCUT2D eigenvalue weighted by atomic mass is 35.5. The van der Waals surface area contributed by atoms with Crippen molar-refractivity contribution in [2.45, 2.75) is 18.5 Å². The van der Waals surface area contributed by atoms with Crippen molar-refractivity contribution >= 4 is 58.2 Å². The molecule has 0 saturated carbocycles. The van der Waals surface area contributed by atoms with Gasteiger partial charge in [-0.05, 0) is 48.9 Å². The minimum atomic E-state index is -0.234. The predicted molar refractivity (Wildman–Crippen MR) is 120 cm³/mol. The van der Waals surface area contributed by atoms with Gasteiger partial charge in [-0.2, -0.15) is 0 Å². The topological polar surface area (TPSA) is 88.9 Å². The molecule has 2 aromatic carbocycles. The third-order valence-electron chi connectivity index (χ3n) is 4.16. The van der Waals surface area contributed by atoms with E-state index in [1.165, 1.54) is 11.8 Å². The molecule has 2 N–H and O–H groups in total. The molecule has 0 aliphatic carbocycles. The number of hydrogen-bond donors (Lipinski definition) is 2. The molecule has 7 nitrogen and oxygen atoms in total. The Kier molecular flexibility index (Phi) is 7.36. The van der Waals surface area contributed by atoms with Gasteiger partial charge in [0, 0.05) is 28.5 Å². The van der Waals surface area contributed by atoms with Gasteiger partial charge >= 0.3 is 0 Å². The number of aryl methyl sites for hydroxylation is 1. The molecule has 0 fully saturated rings. The summed E-state index contributed by atoms with van der Waals surface area (Å²) in [6.07, 6.45) is 0.0481. The van der Waals surface area contributed by atoms with Crippen LogP contribution in [0.25, 0.3) is 0 Å². The molecule has 0 bridgehead atoms. The summed E-state index contributed by atoms with van der Waals surface area (Å²) < 4.78 is 1.70. The number of halogens is 2. The average molecular weight is 464 g/mol. The molecule has 0 unspecified atom stereocenters. The molecule has 0 saturated heterocycles. The van der Waals surface area contributed by atoms with Crippen LogP contribution in [0.1, 0.15) is 11.4 Å². The van der Waals surface area contributed by atoms with Gasteiger partial charge in [0.05, 0.1) is 12.2 Å². The maximum Gasteiger partial charge on any atom is 0.234 e. The maximum atomic E-state index is 12.3. The van der Waals surface area contributed by atoms with E-state index in [-0.39, 0.29) is 24.0 Å². The number of thioether (sulfide) groups is 1. The Morgan fingerprint density at radius 1 is 1.00 bits per heavy atom. The van der Waals surface area contributed by atoms with Gasteiger partial charge in [0.15, 0.2) is 5.16 Å². The summed E-state index contributed by atoms with van der Waals surface area (Å²) in [4.78, 5) is 24.4. The molecule has 30 heavy (non-hydrogen) atoms. The van der Waals surface area contributed by atoms with E-state index in [1.807, 2.05) is 13.0 Å². The van der Waals surface area contributed by atoms with Crippen LogP contribution in [0.2, 0.25) is 10.0 Å². The number of nitrogens with one attached hydrogen (secondary N) is 2. The van der Waals surface area contributed by atoms with Crippen molar-refractivity contribution in [2.75, 3.05) is 16.4 Å². The van der Waals surface area contributed by atoms with E-state index < -0.39 is 0 Å². The second-order valence-corrected chi connectivity index (χ2v) is 8.28. The number of rotatable bonds is 7. The van der Waals surface area contributed by atoms with Gasteiger partial charge in [-0.3, -0.25) is 9.59 Å². The highest BCUT2D eigenvalue weighted by Crippen LogP contribution is 2.21. The quantitative estimate of drug-likeness (QED) is 0.508. The highest BCUT2D eigenvalue weighted by molar-refractivity contribution is 7.99. The minimum Gasteiger partial charge on any atom is -0.326 e. The molecule has 3 aromatic rings. The third-order valence-corrected chi connectivity index (χ3v) is 5.84. The Bertz CT molecular complexity index is 1070. The zero-order chi connectivity index (χ0) is 21.7. The number of hydrogen-bond acceptors (Lipinski definition) is 5. The number of amides is 2. The highest BCUT2D eigenvalue weighted by Gasteiger charge is 2.15. The normalized spacial score (nSPS) is 10.7. The fraction of sp³-hybridized carbons (Fsp3) is 0.200. The fourth-order valence-electron chi connectivity index (χ4n) is 2.50. The summed E-state index contributed by atoms with van der Waals surface area (Å²) in [6.45, 7) is 1.89. The Labute approximate surface area is 188 Å². The maximum absolute atomic E-state index is 12.3. The molecular formula is C20H19Cl2N5O2S. The molecule has 0 aliphatic heterocycles. The second kappa shape index (κ2) is 9.97. The van der Waals surface area contributed by atoms with E-state index in [4.69, 9.17) is 23.2 Å². The predicted octanol–water partition coefficient (Wildman–Crippen LogP) is 4.34. The van der Waals surface area contributed by atoms with E-state index >= 15 is 0 Å². The molecule has 3 rings (SSSR count). The Morgan fingerprint density at radius 2 is 1.67 bits per heavy atom. The van der Waals surface area contributed by atoms with Gasteiger partial charge in [-0.25, -0.2) is 0 Å². The van der Waals surface area contributed by atoms with Gasteiger partial charge in [0.1, 0.15) is 5.82 Å². The molecule has 0 atom stereocenters. The monoisotopic (exact) mass is 463 g/mol. The van der Waals surface area contributed by atoms with Crippen LogP contribution in [0.15, 0.2) is 47.6 Å². The fourth-order valence-corrected chi connectivity index (χ4v) is 3.54. The van der Waals surface area contributed by atoms with Crippen LogP contribution < -0.4 is 10.6 Å². The molecule has 156 valence electrons. The molecular weight excluding hydrogens is 445 g/mol. The Balaban J connectivity index is 1.53. The molecule has 0 radical (unpaired) electrons. The van der Waals surface area contributed by atoms with Gasteiger partial charge in [0.25, 0.3) is 0 Å². The lowest BCUT2D eigenvalue weighted by Gasteiger charge is -2.07. The minimum absolute atomic E-state index is 0.0481. The SMILES string of the molecule is Cc1ccc(NC(=O)Cc2nnc(SCC(=O)Nc3ccc(Cl)cc3)n2C)cc1Cl. The van der Waals surface area contributed by atoms with Gasteiger partial charge in [0.2, 0.25) is 11.8 Å². The first-order valence-electron chi connectivity index (χ1n) is 8.94. The summed E-state index contributed by atoms with van der Waals surface area (Å²) in [6, 6.07) is 12.2. The molecule has 1 aromatic heterocycles. The van der Waals surface area contributed by atoms with Crippen LogP contribution >= 0.6 is 35.0 Å². The van der Waals surface area contributed by atoms with E-state index in [1.54, 1.807) is 48.0 Å². The number of carbonyl (C=O) groups excluding carboxylic acids is 2. The van der Waals surface area contributed by atoms with Crippen molar-refractivity contribution in [3.63, 3.8) is 0 Å². The van der Waals surface area contributed by atoms with Crippen LogP contribution in [-0.4, -0.2) is 32.3 Å². The summed E-state index contributed by atoms with van der Waals surface area (Å²) in [5.41, 5.74) is 2.22. The summed E-state index contributed by atoms with van der Waals surface area (Å²) in [7, 11) is 1.75. The lowest BCUT2D eigenvalue weighted by molar-refractivity contribution is -0.116. The van der Waals surface area contributed by atoms with Crippen molar-refractivity contribution in [1.82, 2.24) is 14.8 Å². The first kappa shape index (κ1) is 22.1. The second-order valence-electron chi connectivity index (χ2n) is 6.49. The number of benzene rings is 2. The van der Waals surface area contributed by atoms with Crippen molar-refractivity contribution in [3.8, 4) is 0 Å². The van der Waals surface area contributed by atoms with Gasteiger partial charge < -0.3 is 15.2 Å². The number of nitrogens with zero attached hydrogens (tertiary/aromatic N) is 3. The van der Waals surface area contributed by atoms with E-state index in [9.17, 15) is 9.59 Å². The first-order chi connectivity index (χ1) is 14.3. The number of carbonyl (C=O) groups is 2. The zero-order valence-electron chi connectivity index (χ0n) is 16.3. The lowest BCUT2D eigenvalue weighted by atomic mass is 10.2. The van der Waals surface area contributed by atoms with E-state index in [0.717, 1.165) is 5.56 Å². The zero-order valence-corrected chi connectivity index (χ0v) is 18.6. The lowest BCUT2D eigenvalue weighted by Crippen LogP contribution is -2.17. The Morgan fingerprint density at radius 3 is 2.37 bits per heavy atom. The summed E-state index contributed by atoms with van der Waals surface area (Å²) in [5, 5.41) is 15.4. The van der Waals surface area contributed by atoms with Crippen molar-refractivity contribution in [3.05, 3.63) is 63.9 Å². The van der Waals surface area contributed by atoms with Crippen LogP contribution in [0, 0.1) is 6.92 Å². The van der Waals surface area contributed by atoms with Crippen LogP contribution in [-0.2, 0) is 23.1 Å². The molecule has 2 amide bonds. The van der Waals surface area contributed by atoms with Crippen LogP contribution in [0.4, 0.5) is 11.4 Å². The molecule has 10 heteroatoms. The van der Waals surface area contributed by atoms with Crippen molar-refractivity contribution in [2.24, 2.45) is 7.05 Å². The van der Waals surface area contributed by atoms with Crippen molar-refractivity contribution in [1.29, 1.82) is 0 Å². The van der Waals surface area contributed by atoms with Crippen LogP contribution in [0.5, 0.6) is 0 Å². The van der Waals surface area contributed by atoms with Gasteiger partial charge in [-0.15, -0.1) is 10.2 Å². The van der Waals surface area contributed by atoms with E-state index in [2.05, 4.69) is 20.8 Å². The largest absolute Gasteiger partial charge is 0.326 e. The van der Waals surface area contributed by atoms with Crippen LogP contribution in [0.3, 0.4) is 0 Å². The van der Waals surface area contributed by atoms with E-state index in [0.29, 0.717) is 32.4 Å². The molecule has 0 aliphatic rings. The number of aromatic nitrogens is 3. The standard InChI is InChI=1S/C20H19Cl2N5O2S/c1-12-3-6-15(9-16(12)22)24-18(28)10-17-25-26-20(27(17)2)30-11-19(29)23-14-7-4-13(21)5-8-14/h3-9H,10-11H2,1-2H3,(H,23,29)(H,24,28). The smallest absolute Gasteiger partial charge is 0.234 e.